The second kappa shape index (κ2) is 8.73. The fourth-order valence-corrected chi connectivity index (χ4v) is 3.18. The zero-order chi connectivity index (χ0) is 18.4. The van der Waals surface area contributed by atoms with Crippen molar-refractivity contribution >= 4 is 17.4 Å². The summed E-state index contributed by atoms with van der Waals surface area (Å²) in [7, 11) is 0. The van der Waals surface area contributed by atoms with E-state index in [9.17, 15) is 14.4 Å². The first-order valence-electron chi connectivity index (χ1n) is 9.14. The highest BCUT2D eigenvalue weighted by atomic mass is 16.2. The lowest BCUT2D eigenvalue weighted by atomic mass is 10.1. The van der Waals surface area contributed by atoms with Crippen LogP contribution in [0.15, 0.2) is 9.59 Å². The summed E-state index contributed by atoms with van der Waals surface area (Å²) >= 11 is 0. The molecule has 140 valence electrons. The lowest BCUT2D eigenvalue weighted by Gasteiger charge is -2.30. The Hall–Kier alpha value is -2.25. The number of rotatable bonds is 7. The number of aromatic amines is 1. The number of carbonyl (C=O) groups is 1. The first-order valence-corrected chi connectivity index (χ1v) is 9.14. The largest absolute Gasteiger partial charge is 0.383 e. The van der Waals surface area contributed by atoms with E-state index in [1.165, 1.54) is 4.57 Å². The number of piperidine rings is 1. The zero-order valence-corrected chi connectivity index (χ0v) is 15.2. The summed E-state index contributed by atoms with van der Waals surface area (Å²) in [4.78, 5) is 42.7. The van der Waals surface area contributed by atoms with E-state index in [1.807, 2.05) is 18.7 Å². The maximum absolute atomic E-state index is 12.5. The van der Waals surface area contributed by atoms with Crippen molar-refractivity contribution in [2.45, 2.75) is 52.5 Å². The van der Waals surface area contributed by atoms with Gasteiger partial charge in [-0.25, -0.2) is 4.79 Å². The lowest BCUT2D eigenvalue weighted by Crippen LogP contribution is -2.45. The maximum Gasteiger partial charge on any atom is 0.330 e. The van der Waals surface area contributed by atoms with Crippen LogP contribution in [0.4, 0.5) is 11.5 Å². The molecule has 1 aromatic heterocycles. The third kappa shape index (κ3) is 4.43. The molecule has 1 amide bonds. The van der Waals surface area contributed by atoms with Crippen molar-refractivity contribution in [3.05, 3.63) is 20.8 Å². The van der Waals surface area contributed by atoms with Crippen molar-refractivity contribution in [2.75, 3.05) is 36.8 Å². The number of carbonyl (C=O) groups excluding carboxylic acids is 1. The van der Waals surface area contributed by atoms with E-state index in [4.69, 9.17) is 5.73 Å². The third-order valence-electron chi connectivity index (χ3n) is 4.68. The Labute approximate surface area is 147 Å². The minimum Gasteiger partial charge on any atom is -0.383 e. The monoisotopic (exact) mass is 351 g/mol. The molecular formula is C17H29N5O3. The number of nitrogen functional groups attached to an aromatic ring is 1. The number of amides is 1. The van der Waals surface area contributed by atoms with E-state index >= 15 is 0 Å². The molecule has 0 unspecified atom stereocenters. The van der Waals surface area contributed by atoms with Crippen LogP contribution in [-0.2, 0) is 11.3 Å². The van der Waals surface area contributed by atoms with E-state index < -0.39 is 11.2 Å². The molecule has 1 aliphatic heterocycles. The fourth-order valence-electron chi connectivity index (χ4n) is 3.18. The van der Waals surface area contributed by atoms with Crippen LogP contribution in [0.2, 0.25) is 0 Å². The normalized spacial score (nSPS) is 14.6. The van der Waals surface area contributed by atoms with Gasteiger partial charge in [0.25, 0.3) is 5.56 Å². The molecule has 2 rings (SSSR count). The molecule has 1 aliphatic rings. The molecule has 1 aromatic rings. The molecule has 8 nitrogen and oxygen atoms in total. The summed E-state index contributed by atoms with van der Waals surface area (Å²) < 4.78 is 1.38. The van der Waals surface area contributed by atoms with Gasteiger partial charge in [0.05, 0.1) is 6.54 Å². The number of H-pyrrole nitrogens is 1. The predicted octanol–water partition coefficient (Wildman–Crippen LogP) is 0.758. The number of nitrogens with zero attached hydrogens (tertiary/aromatic N) is 3. The molecule has 0 saturated carbocycles. The van der Waals surface area contributed by atoms with E-state index in [1.54, 1.807) is 4.90 Å². The number of likely N-dealkylation sites (tertiary alicyclic amines) is 1. The standard InChI is InChI=1S/C17H29N5O3/c1-3-5-11-22-15(18)14(16(24)19-17(22)25)20(4-2)12-13(23)21-9-7-6-8-10-21/h3-12,18H2,1-2H3,(H,19,24,25). The number of nitrogens with one attached hydrogen (secondary N) is 1. The molecular weight excluding hydrogens is 322 g/mol. The first kappa shape index (κ1) is 19.1. The summed E-state index contributed by atoms with van der Waals surface area (Å²) in [6.07, 6.45) is 4.88. The van der Waals surface area contributed by atoms with Crippen molar-refractivity contribution in [1.82, 2.24) is 14.5 Å². The first-order chi connectivity index (χ1) is 12.0. The zero-order valence-electron chi connectivity index (χ0n) is 15.2. The van der Waals surface area contributed by atoms with Gasteiger partial charge in [-0.15, -0.1) is 0 Å². The van der Waals surface area contributed by atoms with Gasteiger partial charge in [0, 0.05) is 26.2 Å². The van der Waals surface area contributed by atoms with Gasteiger partial charge in [0.1, 0.15) is 11.5 Å². The molecule has 2 heterocycles. The summed E-state index contributed by atoms with van der Waals surface area (Å²) in [5.41, 5.74) is 5.30. The molecule has 3 N–H and O–H groups in total. The summed E-state index contributed by atoms with van der Waals surface area (Å²) in [5.74, 6) is 0.127. The average Bonchev–Trinajstić information content (AvgIpc) is 2.61. The molecule has 0 spiro atoms. The Morgan fingerprint density at radius 2 is 1.88 bits per heavy atom. The third-order valence-corrected chi connectivity index (χ3v) is 4.68. The van der Waals surface area contributed by atoms with Crippen molar-refractivity contribution in [1.29, 1.82) is 0 Å². The van der Waals surface area contributed by atoms with Gasteiger partial charge in [-0.2, -0.15) is 0 Å². The van der Waals surface area contributed by atoms with Crippen LogP contribution < -0.4 is 21.9 Å². The van der Waals surface area contributed by atoms with E-state index in [0.29, 0.717) is 13.1 Å². The molecule has 25 heavy (non-hydrogen) atoms. The smallest absolute Gasteiger partial charge is 0.330 e. The van der Waals surface area contributed by atoms with Crippen LogP contribution in [0.5, 0.6) is 0 Å². The highest BCUT2D eigenvalue weighted by Crippen LogP contribution is 2.18. The Balaban J connectivity index is 2.28. The molecule has 0 radical (unpaired) electrons. The van der Waals surface area contributed by atoms with Gasteiger partial charge in [0.15, 0.2) is 0 Å². The van der Waals surface area contributed by atoms with Crippen LogP contribution in [0, 0.1) is 0 Å². The quantitative estimate of drug-likeness (QED) is 0.754. The minimum absolute atomic E-state index is 0.00772. The molecule has 8 heteroatoms. The van der Waals surface area contributed by atoms with Gasteiger partial charge in [-0.3, -0.25) is 19.1 Å². The molecule has 1 saturated heterocycles. The number of anilines is 2. The highest BCUT2D eigenvalue weighted by Gasteiger charge is 2.23. The van der Waals surface area contributed by atoms with Crippen molar-refractivity contribution in [3.8, 4) is 0 Å². The second-order valence-corrected chi connectivity index (χ2v) is 6.45. The van der Waals surface area contributed by atoms with E-state index in [2.05, 4.69) is 4.98 Å². The topological polar surface area (TPSA) is 104 Å². The Kier molecular flexibility index (Phi) is 6.66. The number of hydrogen-bond acceptors (Lipinski definition) is 5. The van der Waals surface area contributed by atoms with Crippen molar-refractivity contribution in [3.63, 3.8) is 0 Å². The van der Waals surface area contributed by atoms with Gasteiger partial charge >= 0.3 is 5.69 Å². The fraction of sp³-hybridized carbons (Fsp3) is 0.706. The molecule has 0 bridgehead atoms. The number of likely N-dealkylation sites (N-methyl/N-ethyl adjacent to an activating group) is 1. The van der Waals surface area contributed by atoms with Gasteiger partial charge in [0.2, 0.25) is 5.91 Å². The van der Waals surface area contributed by atoms with E-state index in [-0.39, 0.29) is 24.0 Å². The van der Waals surface area contributed by atoms with Gasteiger partial charge in [-0.05, 0) is 32.6 Å². The van der Waals surface area contributed by atoms with Gasteiger partial charge < -0.3 is 15.5 Å². The highest BCUT2D eigenvalue weighted by molar-refractivity contribution is 5.82. The average molecular weight is 351 g/mol. The van der Waals surface area contributed by atoms with Crippen LogP contribution in [0.25, 0.3) is 0 Å². The van der Waals surface area contributed by atoms with Crippen LogP contribution >= 0.6 is 0 Å². The number of nitrogens with two attached hydrogens (primary N) is 1. The van der Waals surface area contributed by atoms with Crippen molar-refractivity contribution in [2.24, 2.45) is 0 Å². The second-order valence-electron chi connectivity index (χ2n) is 6.45. The van der Waals surface area contributed by atoms with Crippen LogP contribution in [0.1, 0.15) is 46.0 Å². The number of aromatic nitrogens is 2. The molecule has 1 fully saturated rings. The number of hydrogen-bond donors (Lipinski definition) is 2. The molecule has 0 aromatic carbocycles. The van der Waals surface area contributed by atoms with Crippen LogP contribution in [0.3, 0.4) is 0 Å². The van der Waals surface area contributed by atoms with E-state index in [0.717, 1.165) is 45.2 Å². The Morgan fingerprint density at radius 1 is 1.20 bits per heavy atom. The SMILES string of the molecule is CCCCn1c(N)c(N(CC)CC(=O)N2CCCCC2)c(=O)[nH]c1=O. The van der Waals surface area contributed by atoms with Crippen molar-refractivity contribution < 1.29 is 4.79 Å². The molecule has 0 atom stereocenters. The Bertz CT molecular complexity index is 703. The lowest BCUT2D eigenvalue weighted by molar-refractivity contribution is -0.130. The predicted molar refractivity (Wildman–Crippen MR) is 99.0 cm³/mol. The summed E-state index contributed by atoms with van der Waals surface area (Å²) in [6.45, 7) is 6.40. The minimum atomic E-state index is -0.538. The summed E-state index contributed by atoms with van der Waals surface area (Å²) in [5, 5.41) is 0. The summed E-state index contributed by atoms with van der Waals surface area (Å²) in [6, 6.07) is 0. The number of unbranched alkanes of at least 4 members (excludes halogenated alkanes) is 1. The molecule has 0 aliphatic carbocycles. The van der Waals surface area contributed by atoms with Crippen LogP contribution in [-0.4, -0.2) is 46.5 Å². The Morgan fingerprint density at radius 3 is 2.48 bits per heavy atom. The maximum atomic E-state index is 12.5. The van der Waals surface area contributed by atoms with Gasteiger partial charge in [-0.1, -0.05) is 13.3 Å².